The van der Waals surface area contributed by atoms with Crippen molar-refractivity contribution in [3.8, 4) is 0 Å². The summed E-state index contributed by atoms with van der Waals surface area (Å²) in [6, 6.07) is 0. The average Bonchev–Trinajstić information content (AvgIpc) is 3.09. The molecule has 0 aliphatic rings. The van der Waals surface area contributed by atoms with E-state index >= 15 is 0 Å². The van der Waals surface area contributed by atoms with Crippen LogP contribution in [0, 0.1) is 0 Å². The van der Waals surface area contributed by atoms with Crippen LogP contribution >= 0.6 is 0 Å². The van der Waals surface area contributed by atoms with Gasteiger partial charge in [0.05, 0.1) is 6.61 Å². The topological polar surface area (TPSA) is 72.8 Å². The van der Waals surface area contributed by atoms with E-state index in [0.717, 1.165) is 77.0 Å². The van der Waals surface area contributed by atoms with Crippen LogP contribution in [0.1, 0.15) is 117 Å². The van der Waals surface area contributed by atoms with Crippen LogP contribution < -0.4 is 0 Å². The fourth-order valence-corrected chi connectivity index (χ4v) is 4.10. The maximum absolute atomic E-state index is 12.1. The Balaban J connectivity index is 3.84. The molecule has 0 aromatic carbocycles. The first-order chi connectivity index (χ1) is 23.6. The monoisotopic (exact) mass is 660 g/mol. The molecule has 48 heavy (non-hydrogen) atoms. The van der Waals surface area contributed by atoms with E-state index in [-0.39, 0.29) is 38.0 Å². The maximum atomic E-state index is 12.1. The highest BCUT2D eigenvalue weighted by molar-refractivity contribution is 5.70. The van der Waals surface area contributed by atoms with Gasteiger partial charge in [0.25, 0.3) is 0 Å². The smallest absolute Gasteiger partial charge is 0.306 e. The minimum atomic E-state index is -0.832. The maximum Gasteiger partial charge on any atom is 0.306 e. The zero-order valence-electron chi connectivity index (χ0n) is 29.9. The second-order valence-electron chi connectivity index (χ2n) is 11.2. The summed E-state index contributed by atoms with van der Waals surface area (Å²) in [7, 11) is 0. The zero-order valence-corrected chi connectivity index (χ0v) is 29.9. The number of ether oxygens (including phenoxy) is 2. The molecule has 0 saturated carbocycles. The van der Waals surface area contributed by atoms with Gasteiger partial charge in [0.1, 0.15) is 6.61 Å². The molecule has 0 aromatic heterocycles. The Kier molecular flexibility index (Phi) is 34.8. The lowest BCUT2D eigenvalue weighted by Gasteiger charge is -2.15. The van der Waals surface area contributed by atoms with Crippen molar-refractivity contribution in [3.63, 3.8) is 0 Å². The molecule has 5 nitrogen and oxygen atoms in total. The second-order valence-corrected chi connectivity index (χ2v) is 11.2. The van der Waals surface area contributed by atoms with Crippen LogP contribution in [0.4, 0.5) is 0 Å². The Bertz CT molecular complexity index is 1060. The summed E-state index contributed by atoms with van der Waals surface area (Å²) >= 11 is 0. The van der Waals surface area contributed by atoms with Gasteiger partial charge in [0, 0.05) is 12.8 Å². The van der Waals surface area contributed by atoms with Gasteiger partial charge in [-0.05, 0) is 89.9 Å². The molecule has 0 heterocycles. The number of allylic oxidation sites excluding steroid dienone is 20. The van der Waals surface area contributed by atoms with Gasteiger partial charge in [0.15, 0.2) is 6.10 Å². The molecule has 1 atom stereocenters. The highest BCUT2D eigenvalue weighted by Crippen LogP contribution is 2.06. The van der Waals surface area contributed by atoms with E-state index in [0.29, 0.717) is 12.8 Å². The van der Waals surface area contributed by atoms with E-state index in [1.165, 1.54) is 0 Å². The second kappa shape index (κ2) is 37.8. The summed E-state index contributed by atoms with van der Waals surface area (Å²) in [4.78, 5) is 24.2. The van der Waals surface area contributed by atoms with Gasteiger partial charge in [-0.2, -0.15) is 0 Å². The van der Waals surface area contributed by atoms with Crippen molar-refractivity contribution in [2.45, 2.75) is 123 Å². The van der Waals surface area contributed by atoms with E-state index in [1.54, 1.807) is 0 Å². The van der Waals surface area contributed by atoms with Crippen LogP contribution in [0.25, 0.3) is 0 Å². The first-order valence-corrected chi connectivity index (χ1v) is 18.1. The third kappa shape index (κ3) is 35.2. The standard InChI is InChI=1S/C43H64O5/c1-3-5-7-9-11-13-15-17-19-20-21-22-24-25-27-29-31-33-35-37-42(45)47-40-41(39-44)48-43(46)38-36-34-32-30-28-26-23-18-16-14-12-10-8-6-4-2/h5-8,11-14,17-19,21-23,25,27-28,30-31,33,41,44H,3-4,9-10,15-16,20,24,26,29,32,34-40H2,1-2H3/b7-5-,8-6-,13-11-,14-12-,19-17-,22-21-,23-18-,27-25-,30-28-,33-31-/t41-/m0/s1. The number of carbonyl (C=O) groups excluding carboxylic acids is 2. The lowest BCUT2D eigenvalue weighted by molar-refractivity contribution is -0.161. The molecule has 5 heteroatoms. The lowest BCUT2D eigenvalue weighted by atomic mass is 10.2. The average molecular weight is 661 g/mol. The van der Waals surface area contributed by atoms with Crippen LogP contribution in [-0.2, 0) is 19.1 Å². The number of unbranched alkanes of at least 4 members (excludes halogenated alkanes) is 2. The third-order valence-electron chi connectivity index (χ3n) is 6.76. The predicted octanol–water partition coefficient (Wildman–Crippen LogP) is 11.3. The molecule has 266 valence electrons. The summed E-state index contributed by atoms with van der Waals surface area (Å²) < 4.78 is 10.5. The highest BCUT2D eigenvalue weighted by atomic mass is 16.6. The van der Waals surface area contributed by atoms with E-state index < -0.39 is 6.10 Å². The predicted molar refractivity (Wildman–Crippen MR) is 205 cm³/mol. The largest absolute Gasteiger partial charge is 0.462 e. The van der Waals surface area contributed by atoms with Crippen LogP contribution in [0.5, 0.6) is 0 Å². The number of hydrogen-bond acceptors (Lipinski definition) is 5. The van der Waals surface area contributed by atoms with Gasteiger partial charge < -0.3 is 14.6 Å². The molecule has 0 radical (unpaired) electrons. The number of aliphatic hydroxyl groups is 1. The molecule has 0 fully saturated rings. The van der Waals surface area contributed by atoms with Gasteiger partial charge in [-0.25, -0.2) is 0 Å². The first kappa shape index (κ1) is 44.3. The minimum Gasteiger partial charge on any atom is -0.462 e. The Labute approximate surface area is 293 Å². The number of hydrogen-bond donors (Lipinski definition) is 1. The van der Waals surface area contributed by atoms with E-state index in [1.807, 2.05) is 12.2 Å². The molecule has 0 aromatic rings. The fourth-order valence-electron chi connectivity index (χ4n) is 4.10. The molecule has 0 saturated heterocycles. The molecule has 0 rings (SSSR count). The molecular formula is C43H64O5. The van der Waals surface area contributed by atoms with Crippen LogP contribution in [-0.4, -0.2) is 36.4 Å². The summed E-state index contributed by atoms with van der Waals surface area (Å²) in [6.45, 7) is 3.77. The van der Waals surface area contributed by atoms with E-state index in [9.17, 15) is 14.7 Å². The summed E-state index contributed by atoms with van der Waals surface area (Å²) in [5.41, 5.74) is 0. The molecular weight excluding hydrogens is 596 g/mol. The number of rotatable bonds is 30. The molecule has 0 bridgehead atoms. The summed E-state index contributed by atoms with van der Waals surface area (Å²) in [5, 5.41) is 9.52. The van der Waals surface area contributed by atoms with Crippen molar-refractivity contribution in [1.82, 2.24) is 0 Å². The van der Waals surface area contributed by atoms with Gasteiger partial charge in [-0.15, -0.1) is 0 Å². The molecule has 0 amide bonds. The van der Waals surface area contributed by atoms with Crippen molar-refractivity contribution in [2.75, 3.05) is 13.2 Å². The van der Waals surface area contributed by atoms with Crippen molar-refractivity contribution < 1.29 is 24.2 Å². The van der Waals surface area contributed by atoms with Gasteiger partial charge in [-0.1, -0.05) is 135 Å². The normalized spacial score (nSPS) is 13.6. The molecule has 0 aliphatic heterocycles. The van der Waals surface area contributed by atoms with Crippen molar-refractivity contribution in [1.29, 1.82) is 0 Å². The quantitative estimate of drug-likeness (QED) is 0.0471. The zero-order chi connectivity index (χ0) is 35.0. The molecule has 0 spiro atoms. The lowest BCUT2D eigenvalue weighted by Crippen LogP contribution is -2.28. The number of carbonyl (C=O) groups is 2. The highest BCUT2D eigenvalue weighted by Gasteiger charge is 2.15. The fraction of sp³-hybridized carbons (Fsp3) is 0.488. The Hall–Kier alpha value is -3.70. The Morgan fingerprint density at radius 2 is 0.854 bits per heavy atom. The number of aliphatic hydroxyl groups excluding tert-OH is 1. The van der Waals surface area contributed by atoms with Crippen LogP contribution in [0.15, 0.2) is 122 Å². The van der Waals surface area contributed by atoms with Crippen molar-refractivity contribution in [3.05, 3.63) is 122 Å². The number of esters is 2. The molecule has 0 aliphatic carbocycles. The van der Waals surface area contributed by atoms with Gasteiger partial charge in [0.2, 0.25) is 0 Å². The Morgan fingerprint density at radius 3 is 1.25 bits per heavy atom. The third-order valence-corrected chi connectivity index (χ3v) is 6.76. The minimum absolute atomic E-state index is 0.132. The van der Waals surface area contributed by atoms with E-state index in [2.05, 4.69) is 123 Å². The molecule has 1 N–H and O–H groups in total. The van der Waals surface area contributed by atoms with Crippen molar-refractivity contribution >= 4 is 11.9 Å². The first-order valence-electron chi connectivity index (χ1n) is 18.1. The summed E-state index contributed by atoms with van der Waals surface area (Å²) in [6.07, 6.45) is 55.5. The Morgan fingerprint density at radius 1 is 0.479 bits per heavy atom. The van der Waals surface area contributed by atoms with Crippen molar-refractivity contribution in [2.24, 2.45) is 0 Å². The van der Waals surface area contributed by atoms with Crippen LogP contribution in [0.3, 0.4) is 0 Å². The molecule has 0 unspecified atom stereocenters. The SMILES string of the molecule is CC/C=C\C/C=C\C/C=C\C/C=C\C/C=C\C/C=C\CCC(=O)OC[C@H](CO)OC(=O)CCCC/C=C\C/C=C\C/C=C\C/C=C\CC. The summed E-state index contributed by atoms with van der Waals surface area (Å²) in [5.74, 6) is -0.754. The van der Waals surface area contributed by atoms with Gasteiger partial charge in [-0.3, -0.25) is 9.59 Å². The van der Waals surface area contributed by atoms with E-state index in [4.69, 9.17) is 9.47 Å². The van der Waals surface area contributed by atoms with Gasteiger partial charge >= 0.3 is 11.9 Å². The van der Waals surface area contributed by atoms with Crippen LogP contribution in [0.2, 0.25) is 0 Å².